The summed E-state index contributed by atoms with van der Waals surface area (Å²) in [5, 5.41) is 0. The zero-order chi connectivity index (χ0) is 21.5. The van der Waals surface area contributed by atoms with Gasteiger partial charge >= 0.3 is 0 Å². The Morgan fingerprint density at radius 3 is 2.77 bits per heavy atom. The number of carbonyl (C=O) groups is 1. The minimum absolute atomic E-state index is 0.0389. The molecule has 160 valence electrons. The third kappa shape index (κ3) is 5.36. The smallest absolute Gasteiger partial charge is 0.271 e. The number of amides is 1. The van der Waals surface area contributed by atoms with Gasteiger partial charge in [-0.25, -0.2) is 0 Å². The van der Waals surface area contributed by atoms with Crippen molar-refractivity contribution >= 4 is 11.6 Å². The third-order valence-electron chi connectivity index (χ3n) is 5.43. The molecular formula is C23H31N5O2. The van der Waals surface area contributed by atoms with Crippen LogP contribution in [-0.4, -0.2) is 72.0 Å². The second-order valence-corrected chi connectivity index (χ2v) is 7.87. The molecule has 3 heterocycles. The Kier molecular flexibility index (Phi) is 7.41. The average molecular weight is 410 g/mol. The van der Waals surface area contributed by atoms with Crippen LogP contribution in [0.3, 0.4) is 0 Å². The van der Waals surface area contributed by atoms with Gasteiger partial charge in [0.2, 0.25) is 5.91 Å². The molecule has 30 heavy (non-hydrogen) atoms. The van der Waals surface area contributed by atoms with Gasteiger partial charge in [-0.05, 0) is 57.6 Å². The van der Waals surface area contributed by atoms with Gasteiger partial charge in [-0.2, -0.15) is 0 Å². The second kappa shape index (κ2) is 10.2. The van der Waals surface area contributed by atoms with Crippen LogP contribution in [0.4, 0.5) is 5.69 Å². The monoisotopic (exact) mass is 409 g/mol. The van der Waals surface area contributed by atoms with E-state index in [0.29, 0.717) is 18.8 Å². The molecule has 1 saturated heterocycles. The molecule has 0 aliphatic carbocycles. The number of likely N-dealkylation sites (tertiary alicyclic amines) is 1. The number of carbonyl (C=O) groups excluding carboxylic acids is 1. The van der Waals surface area contributed by atoms with Gasteiger partial charge in [-0.1, -0.05) is 6.08 Å². The van der Waals surface area contributed by atoms with Crippen molar-refractivity contribution in [3.8, 4) is 11.1 Å². The maximum atomic E-state index is 12.7. The molecule has 0 spiro atoms. The van der Waals surface area contributed by atoms with E-state index in [1.54, 1.807) is 24.7 Å². The molecule has 1 fully saturated rings. The molecule has 1 aliphatic rings. The van der Waals surface area contributed by atoms with Gasteiger partial charge in [0.25, 0.3) is 5.56 Å². The van der Waals surface area contributed by atoms with Crippen LogP contribution in [-0.2, 0) is 4.79 Å². The molecule has 3 rings (SSSR count). The second-order valence-electron chi connectivity index (χ2n) is 7.87. The minimum Gasteiger partial charge on any atom is -0.363 e. The average Bonchev–Trinajstić information content (AvgIpc) is 2.76. The lowest BCUT2D eigenvalue weighted by Gasteiger charge is -2.39. The first-order valence-electron chi connectivity index (χ1n) is 10.5. The van der Waals surface area contributed by atoms with Gasteiger partial charge in [-0.15, -0.1) is 0 Å². The van der Waals surface area contributed by atoms with Gasteiger partial charge in [0.15, 0.2) is 0 Å². The molecule has 1 N–H and O–H groups in total. The molecule has 1 aliphatic heterocycles. The molecule has 1 atom stereocenters. The summed E-state index contributed by atoms with van der Waals surface area (Å²) in [5.41, 5.74) is 2.49. The van der Waals surface area contributed by atoms with E-state index in [4.69, 9.17) is 0 Å². The Morgan fingerprint density at radius 1 is 1.30 bits per heavy atom. The van der Waals surface area contributed by atoms with E-state index < -0.39 is 0 Å². The summed E-state index contributed by atoms with van der Waals surface area (Å²) >= 11 is 0. The van der Waals surface area contributed by atoms with Crippen LogP contribution in [0.2, 0.25) is 0 Å². The Bertz CT molecular complexity index is 923. The molecule has 1 amide bonds. The Morgan fingerprint density at radius 2 is 2.07 bits per heavy atom. The summed E-state index contributed by atoms with van der Waals surface area (Å²) in [7, 11) is 3.95. The van der Waals surface area contributed by atoms with Gasteiger partial charge in [0.05, 0.1) is 0 Å². The lowest BCUT2D eigenvalue weighted by molar-refractivity contribution is -0.127. The van der Waals surface area contributed by atoms with Crippen molar-refractivity contribution < 1.29 is 4.79 Å². The highest BCUT2D eigenvalue weighted by molar-refractivity contribution is 5.87. The van der Waals surface area contributed by atoms with E-state index in [0.717, 1.165) is 37.1 Å². The number of hydrogen-bond acceptors (Lipinski definition) is 5. The van der Waals surface area contributed by atoms with E-state index >= 15 is 0 Å². The van der Waals surface area contributed by atoms with E-state index in [1.807, 2.05) is 48.2 Å². The first-order chi connectivity index (χ1) is 14.5. The number of rotatable bonds is 7. The molecule has 0 aromatic carbocycles. The van der Waals surface area contributed by atoms with E-state index in [9.17, 15) is 9.59 Å². The van der Waals surface area contributed by atoms with Crippen LogP contribution >= 0.6 is 0 Å². The lowest BCUT2D eigenvalue weighted by Crippen LogP contribution is -2.50. The van der Waals surface area contributed by atoms with Crippen LogP contribution in [0.1, 0.15) is 19.8 Å². The molecule has 0 unspecified atom stereocenters. The first-order valence-corrected chi connectivity index (χ1v) is 10.5. The predicted molar refractivity (Wildman–Crippen MR) is 121 cm³/mol. The Hall–Kier alpha value is -2.93. The minimum atomic E-state index is -0.107. The van der Waals surface area contributed by atoms with Crippen molar-refractivity contribution in [1.82, 2.24) is 19.8 Å². The largest absolute Gasteiger partial charge is 0.363 e. The topological polar surface area (TPSA) is 72.5 Å². The fourth-order valence-electron chi connectivity index (χ4n) is 3.90. The Balaban J connectivity index is 1.79. The molecule has 0 bridgehead atoms. The summed E-state index contributed by atoms with van der Waals surface area (Å²) < 4.78 is 0. The molecule has 2 aromatic rings. The maximum Gasteiger partial charge on any atom is 0.271 e. The van der Waals surface area contributed by atoms with Crippen molar-refractivity contribution in [1.29, 1.82) is 0 Å². The van der Waals surface area contributed by atoms with Gasteiger partial charge in [0.1, 0.15) is 5.69 Å². The van der Waals surface area contributed by atoms with Gasteiger partial charge < -0.3 is 19.7 Å². The lowest BCUT2D eigenvalue weighted by atomic mass is 10.0. The SMILES string of the molecule is CCN(c1cc(-c2ccncc2)c[nH]c1=O)[C@@H]1CCCN(C(=O)C=CCN(C)C)C1. The van der Waals surface area contributed by atoms with Crippen molar-refractivity contribution in [2.75, 3.05) is 45.2 Å². The third-order valence-corrected chi connectivity index (χ3v) is 5.43. The van der Waals surface area contributed by atoms with E-state index in [2.05, 4.69) is 21.8 Å². The zero-order valence-corrected chi connectivity index (χ0v) is 18.0. The van der Waals surface area contributed by atoms with Crippen molar-refractivity contribution in [2.45, 2.75) is 25.8 Å². The maximum absolute atomic E-state index is 12.7. The summed E-state index contributed by atoms with van der Waals surface area (Å²) in [5.74, 6) is 0.0389. The number of pyridine rings is 2. The van der Waals surface area contributed by atoms with Crippen LogP contribution in [0, 0.1) is 0 Å². The summed E-state index contributed by atoms with van der Waals surface area (Å²) in [4.78, 5) is 38.3. The highest BCUT2D eigenvalue weighted by atomic mass is 16.2. The normalized spacial score (nSPS) is 16.9. The predicted octanol–water partition coefficient (Wildman–Crippen LogP) is 2.37. The number of aromatic nitrogens is 2. The molecule has 7 nitrogen and oxygen atoms in total. The number of aromatic amines is 1. The van der Waals surface area contributed by atoms with Gasteiger partial charge in [0, 0.05) is 62.5 Å². The number of piperidine rings is 1. The van der Waals surface area contributed by atoms with Gasteiger partial charge in [-0.3, -0.25) is 14.6 Å². The van der Waals surface area contributed by atoms with Crippen LogP contribution in [0.15, 0.2) is 53.7 Å². The molecule has 2 aromatic heterocycles. The number of H-pyrrole nitrogens is 1. The number of nitrogens with one attached hydrogen (secondary N) is 1. The van der Waals surface area contributed by atoms with E-state index in [-0.39, 0.29) is 17.5 Å². The quantitative estimate of drug-likeness (QED) is 0.711. The van der Waals surface area contributed by atoms with Crippen LogP contribution in [0.5, 0.6) is 0 Å². The van der Waals surface area contributed by atoms with Crippen molar-refractivity contribution in [3.63, 3.8) is 0 Å². The standard InChI is InChI=1S/C23H31N5O2/c1-4-28(20-7-5-14-27(17-20)22(29)8-6-13-26(2)3)21-15-19(16-25-23(21)30)18-9-11-24-12-10-18/h6,8-12,15-16,20H,4-5,7,13-14,17H2,1-3H3,(H,25,30)/t20-/m1/s1. The summed E-state index contributed by atoms with van der Waals surface area (Å²) in [6.45, 7) is 4.87. The van der Waals surface area contributed by atoms with E-state index in [1.165, 1.54) is 0 Å². The molecular weight excluding hydrogens is 378 g/mol. The zero-order valence-electron chi connectivity index (χ0n) is 18.0. The number of anilines is 1. The number of hydrogen-bond donors (Lipinski definition) is 1. The fourth-order valence-corrected chi connectivity index (χ4v) is 3.90. The number of likely N-dealkylation sites (N-methyl/N-ethyl adjacent to an activating group) is 2. The fraction of sp³-hybridized carbons (Fsp3) is 0.435. The van der Waals surface area contributed by atoms with Crippen molar-refractivity contribution in [2.24, 2.45) is 0 Å². The number of nitrogens with zero attached hydrogens (tertiary/aromatic N) is 4. The first kappa shape index (κ1) is 21.8. The molecule has 0 saturated carbocycles. The van der Waals surface area contributed by atoms with Crippen LogP contribution < -0.4 is 10.5 Å². The highest BCUT2D eigenvalue weighted by Crippen LogP contribution is 2.25. The summed E-state index contributed by atoms with van der Waals surface area (Å²) in [6.07, 6.45) is 10.7. The molecule has 7 heteroatoms. The Labute approximate surface area is 178 Å². The highest BCUT2D eigenvalue weighted by Gasteiger charge is 2.28. The van der Waals surface area contributed by atoms with Crippen LogP contribution in [0.25, 0.3) is 11.1 Å². The van der Waals surface area contributed by atoms with Crippen molar-refractivity contribution in [3.05, 3.63) is 59.3 Å². The molecule has 0 radical (unpaired) electrons. The summed E-state index contributed by atoms with van der Waals surface area (Å²) in [6, 6.07) is 5.91.